The van der Waals surface area contributed by atoms with Crippen LogP contribution >= 0.6 is 11.8 Å². The van der Waals surface area contributed by atoms with E-state index in [2.05, 4.69) is 11.4 Å². The Morgan fingerprint density at radius 3 is 2.22 bits per heavy atom. The summed E-state index contributed by atoms with van der Waals surface area (Å²) >= 11 is 1.28. The number of nitriles is 1. The summed E-state index contributed by atoms with van der Waals surface area (Å²) in [6.07, 6.45) is 0. The van der Waals surface area contributed by atoms with E-state index in [0.29, 0.717) is 10.6 Å². The minimum atomic E-state index is -0.138. The molecule has 0 atom stereocenters. The molecule has 0 unspecified atom stereocenters. The molecule has 5 heteroatoms. The molecule has 0 spiro atoms. The lowest BCUT2D eigenvalue weighted by Gasteiger charge is -2.13. The summed E-state index contributed by atoms with van der Waals surface area (Å²) < 4.78 is 0. The second-order valence-electron chi connectivity index (χ2n) is 7.23. The average Bonchev–Trinajstić information content (AvgIpc) is 2.84. The van der Waals surface area contributed by atoms with Gasteiger partial charge in [-0.2, -0.15) is 5.26 Å². The molecule has 4 aromatic rings. The zero-order chi connectivity index (χ0) is 22.3. The van der Waals surface area contributed by atoms with Crippen LogP contribution < -0.4 is 5.32 Å². The predicted molar refractivity (Wildman–Crippen MR) is 130 cm³/mol. The lowest BCUT2D eigenvalue weighted by Crippen LogP contribution is -2.15. The zero-order valence-electron chi connectivity index (χ0n) is 17.6. The number of nitrogens with one attached hydrogen (secondary N) is 1. The highest BCUT2D eigenvalue weighted by molar-refractivity contribution is 8.00. The zero-order valence-corrected chi connectivity index (χ0v) is 18.4. The monoisotopic (exact) mass is 435 g/mol. The van der Waals surface area contributed by atoms with E-state index >= 15 is 0 Å². The molecule has 0 aliphatic carbocycles. The van der Waals surface area contributed by atoms with Gasteiger partial charge >= 0.3 is 0 Å². The number of thioether (sulfide) groups is 1. The number of nitrogens with zero attached hydrogens (tertiary/aromatic N) is 2. The fourth-order valence-electron chi connectivity index (χ4n) is 3.37. The minimum Gasteiger partial charge on any atom is -0.325 e. The van der Waals surface area contributed by atoms with Crippen molar-refractivity contribution in [1.29, 1.82) is 5.26 Å². The van der Waals surface area contributed by atoms with Crippen molar-refractivity contribution in [2.24, 2.45) is 0 Å². The number of hydrogen-bond donors (Lipinski definition) is 1. The van der Waals surface area contributed by atoms with Gasteiger partial charge < -0.3 is 5.32 Å². The van der Waals surface area contributed by atoms with Crippen molar-refractivity contribution in [3.8, 4) is 28.5 Å². The van der Waals surface area contributed by atoms with Crippen molar-refractivity contribution in [1.82, 2.24) is 4.98 Å². The number of rotatable bonds is 6. The molecule has 4 rings (SSSR count). The van der Waals surface area contributed by atoms with Crippen molar-refractivity contribution in [2.75, 3.05) is 11.1 Å². The Kier molecular flexibility index (Phi) is 6.64. The Morgan fingerprint density at radius 1 is 0.938 bits per heavy atom. The summed E-state index contributed by atoms with van der Waals surface area (Å²) in [6.45, 7) is 1.95. The molecule has 4 nitrogen and oxygen atoms in total. The van der Waals surface area contributed by atoms with Crippen molar-refractivity contribution in [2.45, 2.75) is 11.9 Å². The second-order valence-corrected chi connectivity index (χ2v) is 8.19. The minimum absolute atomic E-state index is 0.138. The summed E-state index contributed by atoms with van der Waals surface area (Å²) in [5.74, 6) is 0.0176. The lowest BCUT2D eigenvalue weighted by molar-refractivity contribution is -0.113. The maximum absolute atomic E-state index is 12.6. The van der Waals surface area contributed by atoms with Gasteiger partial charge in [-0.25, -0.2) is 4.98 Å². The third-order valence-corrected chi connectivity index (χ3v) is 5.99. The van der Waals surface area contributed by atoms with E-state index in [1.807, 2.05) is 97.9 Å². The van der Waals surface area contributed by atoms with E-state index in [1.165, 1.54) is 11.8 Å². The number of anilines is 1. The molecule has 1 N–H and O–H groups in total. The van der Waals surface area contributed by atoms with E-state index < -0.39 is 0 Å². The molecule has 156 valence electrons. The quantitative estimate of drug-likeness (QED) is 0.360. The second kappa shape index (κ2) is 9.95. The number of hydrogen-bond acceptors (Lipinski definition) is 4. The smallest absolute Gasteiger partial charge is 0.234 e. The molecular formula is C27H21N3OS. The van der Waals surface area contributed by atoms with Crippen molar-refractivity contribution in [3.05, 3.63) is 102 Å². The number of para-hydroxylation sites is 1. The van der Waals surface area contributed by atoms with Crippen LogP contribution in [0, 0.1) is 18.3 Å². The number of aryl methyl sites for hydroxylation is 1. The molecule has 1 aromatic heterocycles. The average molecular weight is 436 g/mol. The lowest BCUT2D eigenvalue weighted by atomic mass is 9.99. The van der Waals surface area contributed by atoms with Crippen LogP contribution in [0.4, 0.5) is 5.69 Å². The molecule has 0 saturated carbocycles. The Morgan fingerprint density at radius 2 is 1.56 bits per heavy atom. The van der Waals surface area contributed by atoms with E-state index in [1.54, 1.807) is 0 Å². The predicted octanol–water partition coefficient (Wildman–Crippen LogP) is 6.33. The van der Waals surface area contributed by atoms with E-state index in [9.17, 15) is 10.1 Å². The first kappa shape index (κ1) is 21.4. The highest BCUT2D eigenvalue weighted by atomic mass is 32.2. The van der Waals surface area contributed by atoms with Gasteiger partial charge in [0.15, 0.2) is 0 Å². The summed E-state index contributed by atoms with van der Waals surface area (Å²) in [5.41, 5.74) is 5.74. The van der Waals surface area contributed by atoms with Gasteiger partial charge in [-0.15, -0.1) is 0 Å². The van der Waals surface area contributed by atoms with Gasteiger partial charge in [0.25, 0.3) is 0 Å². The van der Waals surface area contributed by atoms with Crippen LogP contribution in [0.15, 0.2) is 96.0 Å². The van der Waals surface area contributed by atoms with Gasteiger partial charge in [-0.3, -0.25) is 4.79 Å². The number of aromatic nitrogens is 1. The van der Waals surface area contributed by atoms with E-state index in [4.69, 9.17) is 4.98 Å². The van der Waals surface area contributed by atoms with E-state index in [-0.39, 0.29) is 11.7 Å². The number of carbonyl (C=O) groups is 1. The molecule has 0 aliphatic heterocycles. The number of benzene rings is 3. The molecule has 1 amide bonds. The summed E-state index contributed by atoms with van der Waals surface area (Å²) in [4.78, 5) is 17.4. The van der Waals surface area contributed by atoms with Gasteiger partial charge in [0.1, 0.15) is 11.1 Å². The van der Waals surface area contributed by atoms with Crippen molar-refractivity contribution >= 4 is 23.4 Å². The Labute approximate surface area is 192 Å². The SMILES string of the molecule is Cc1ccccc1NC(=O)CSc1nc(-c2ccccc2)cc(-c2ccccc2)c1C#N. The van der Waals surface area contributed by atoms with Crippen molar-refractivity contribution in [3.63, 3.8) is 0 Å². The molecular weight excluding hydrogens is 414 g/mol. The van der Waals surface area contributed by atoms with Gasteiger partial charge in [-0.1, -0.05) is 90.6 Å². The highest BCUT2D eigenvalue weighted by Gasteiger charge is 2.17. The number of amides is 1. The summed E-state index contributed by atoms with van der Waals surface area (Å²) in [6, 6.07) is 31.5. The van der Waals surface area contributed by atoms with Crippen LogP contribution in [-0.2, 0) is 4.79 Å². The number of carbonyl (C=O) groups excluding carboxylic acids is 1. The van der Waals surface area contributed by atoms with Gasteiger partial charge in [-0.05, 0) is 30.2 Å². The maximum atomic E-state index is 12.6. The first-order chi connectivity index (χ1) is 15.7. The Balaban J connectivity index is 1.68. The molecule has 1 heterocycles. The van der Waals surface area contributed by atoms with Crippen LogP contribution in [-0.4, -0.2) is 16.6 Å². The van der Waals surface area contributed by atoms with Crippen LogP contribution in [0.25, 0.3) is 22.4 Å². The standard InChI is InChI=1S/C27H21N3OS/c1-19-10-8-9-15-24(19)29-26(31)18-32-27-23(17-28)22(20-11-4-2-5-12-20)16-25(30-27)21-13-6-3-7-14-21/h2-16H,18H2,1H3,(H,29,31). The molecule has 32 heavy (non-hydrogen) atoms. The fourth-order valence-corrected chi connectivity index (χ4v) is 4.17. The first-order valence-corrected chi connectivity index (χ1v) is 11.2. The highest BCUT2D eigenvalue weighted by Crippen LogP contribution is 2.34. The molecule has 0 saturated heterocycles. The largest absolute Gasteiger partial charge is 0.325 e. The summed E-state index contributed by atoms with van der Waals surface area (Å²) in [5, 5.41) is 13.4. The summed E-state index contributed by atoms with van der Waals surface area (Å²) in [7, 11) is 0. The molecule has 0 radical (unpaired) electrons. The van der Waals surface area contributed by atoms with Crippen LogP contribution in [0.3, 0.4) is 0 Å². The molecule has 3 aromatic carbocycles. The maximum Gasteiger partial charge on any atom is 0.234 e. The number of pyridine rings is 1. The fraction of sp³-hybridized carbons (Fsp3) is 0.0741. The van der Waals surface area contributed by atoms with Crippen LogP contribution in [0.2, 0.25) is 0 Å². The normalized spacial score (nSPS) is 10.4. The molecule has 0 bridgehead atoms. The van der Waals surface area contributed by atoms with Crippen LogP contribution in [0.1, 0.15) is 11.1 Å². The Hall–Kier alpha value is -3.88. The Bertz CT molecular complexity index is 1280. The van der Waals surface area contributed by atoms with Gasteiger partial charge in [0, 0.05) is 16.8 Å². The first-order valence-electron chi connectivity index (χ1n) is 10.2. The van der Waals surface area contributed by atoms with Crippen LogP contribution in [0.5, 0.6) is 0 Å². The molecule has 0 fully saturated rings. The van der Waals surface area contributed by atoms with Crippen molar-refractivity contribution < 1.29 is 4.79 Å². The third-order valence-electron chi connectivity index (χ3n) is 5.01. The van der Waals surface area contributed by atoms with Gasteiger partial charge in [0.05, 0.1) is 17.0 Å². The van der Waals surface area contributed by atoms with Gasteiger partial charge in [0.2, 0.25) is 5.91 Å². The topological polar surface area (TPSA) is 65.8 Å². The third kappa shape index (κ3) is 4.88. The molecule has 0 aliphatic rings. The van der Waals surface area contributed by atoms with E-state index in [0.717, 1.165) is 33.6 Å².